The normalized spacial score (nSPS) is 13.9. The van der Waals surface area contributed by atoms with E-state index in [2.05, 4.69) is 5.32 Å². The molecule has 0 spiro atoms. The van der Waals surface area contributed by atoms with Crippen molar-refractivity contribution < 1.29 is 18.0 Å². The highest BCUT2D eigenvalue weighted by molar-refractivity contribution is 7.91. The number of nitrogens with one attached hydrogen (secondary N) is 1. The molecule has 1 aliphatic carbocycles. The fourth-order valence-corrected chi connectivity index (χ4v) is 5.30. The van der Waals surface area contributed by atoms with Gasteiger partial charge in [-0.05, 0) is 49.4 Å². The Morgan fingerprint density at radius 2 is 1.96 bits per heavy atom. The molecule has 138 valence electrons. The van der Waals surface area contributed by atoms with Gasteiger partial charge in [-0.2, -0.15) is 0 Å². The number of nitrogens with two attached hydrogens (primary N) is 1. The van der Waals surface area contributed by atoms with Crippen molar-refractivity contribution in [3.05, 3.63) is 45.8 Å². The number of sulfone groups is 1. The summed E-state index contributed by atoms with van der Waals surface area (Å²) in [7, 11) is -3.40. The largest absolute Gasteiger partial charge is 0.365 e. The first-order valence-corrected chi connectivity index (χ1v) is 10.9. The second kappa shape index (κ2) is 7.20. The van der Waals surface area contributed by atoms with Gasteiger partial charge in [-0.1, -0.05) is 13.0 Å². The van der Waals surface area contributed by atoms with E-state index in [1.165, 1.54) is 29.5 Å². The van der Waals surface area contributed by atoms with Gasteiger partial charge < -0.3 is 11.1 Å². The van der Waals surface area contributed by atoms with Crippen molar-refractivity contribution in [2.45, 2.75) is 37.5 Å². The molecule has 26 heavy (non-hydrogen) atoms. The molecule has 0 unspecified atom stereocenters. The van der Waals surface area contributed by atoms with Gasteiger partial charge in [-0.25, -0.2) is 8.42 Å². The summed E-state index contributed by atoms with van der Waals surface area (Å²) in [5.74, 6) is -1.05. The van der Waals surface area contributed by atoms with Gasteiger partial charge in [0, 0.05) is 10.4 Å². The lowest BCUT2D eigenvalue weighted by atomic mass is 9.95. The molecule has 1 aromatic heterocycles. The van der Waals surface area contributed by atoms with Crippen LogP contribution in [0.1, 0.15) is 50.9 Å². The maximum atomic E-state index is 12.6. The average molecular weight is 393 g/mol. The summed E-state index contributed by atoms with van der Waals surface area (Å²) in [6, 6.07) is 5.90. The fraction of sp³-hybridized carbons (Fsp3) is 0.333. The molecule has 0 fully saturated rings. The molecule has 3 N–H and O–H groups in total. The number of carbonyl (C=O) groups excluding carboxylic acids is 2. The van der Waals surface area contributed by atoms with Crippen LogP contribution < -0.4 is 11.1 Å². The van der Waals surface area contributed by atoms with Crippen LogP contribution in [-0.2, 0) is 22.7 Å². The van der Waals surface area contributed by atoms with Crippen LogP contribution >= 0.6 is 11.3 Å². The standard InChI is InChI=1S/C18H20N2O4S2/c1-2-26(23,24)12-7-5-6-11(10-12)17(22)20-18-15(16(19)21)13-8-3-4-9-14(13)25-18/h5-7,10H,2-4,8-9H2,1H3,(H2,19,21)(H,20,22). The van der Waals surface area contributed by atoms with Gasteiger partial charge in [0.05, 0.1) is 16.2 Å². The molecular weight excluding hydrogens is 372 g/mol. The van der Waals surface area contributed by atoms with Crippen LogP contribution in [0.4, 0.5) is 5.00 Å². The Morgan fingerprint density at radius 1 is 1.23 bits per heavy atom. The Kier molecular flexibility index (Phi) is 5.15. The highest BCUT2D eigenvalue weighted by Crippen LogP contribution is 2.38. The van der Waals surface area contributed by atoms with Crippen LogP contribution in [0, 0.1) is 0 Å². The average Bonchev–Trinajstić information content (AvgIpc) is 2.99. The summed E-state index contributed by atoms with van der Waals surface area (Å²) in [5.41, 5.74) is 7.08. The van der Waals surface area contributed by atoms with Crippen molar-refractivity contribution in [3.8, 4) is 0 Å². The molecule has 1 aliphatic rings. The van der Waals surface area contributed by atoms with Crippen LogP contribution in [-0.4, -0.2) is 26.0 Å². The van der Waals surface area contributed by atoms with Gasteiger partial charge in [0.1, 0.15) is 5.00 Å². The minimum atomic E-state index is -3.40. The van der Waals surface area contributed by atoms with E-state index < -0.39 is 21.7 Å². The Labute approximate surface area is 156 Å². The maximum Gasteiger partial charge on any atom is 0.256 e. The van der Waals surface area contributed by atoms with E-state index in [1.54, 1.807) is 13.0 Å². The zero-order valence-electron chi connectivity index (χ0n) is 14.4. The van der Waals surface area contributed by atoms with Crippen molar-refractivity contribution >= 4 is 38.0 Å². The number of fused-ring (bicyclic) bond motifs is 1. The molecule has 2 amide bonds. The van der Waals surface area contributed by atoms with E-state index in [0.29, 0.717) is 10.6 Å². The van der Waals surface area contributed by atoms with Crippen LogP contribution in [0.5, 0.6) is 0 Å². The van der Waals surface area contributed by atoms with Crippen LogP contribution in [0.2, 0.25) is 0 Å². The van der Waals surface area contributed by atoms with Crippen LogP contribution in [0.25, 0.3) is 0 Å². The molecule has 0 saturated heterocycles. The molecule has 0 aliphatic heterocycles. The van der Waals surface area contributed by atoms with Crippen LogP contribution in [0.15, 0.2) is 29.2 Å². The Balaban J connectivity index is 1.93. The zero-order valence-corrected chi connectivity index (χ0v) is 16.0. The predicted octanol–water partition coefficient (Wildman–Crippen LogP) is 2.77. The molecule has 0 saturated carbocycles. The number of hydrogen-bond donors (Lipinski definition) is 2. The van der Waals surface area contributed by atoms with Crippen molar-refractivity contribution in [2.24, 2.45) is 5.73 Å². The number of primary amides is 1. The third-order valence-electron chi connectivity index (χ3n) is 4.48. The second-order valence-electron chi connectivity index (χ2n) is 6.16. The maximum absolute atomic E-state index is 12.6. The summed E-state index contributed by atoms with van der Waals surface area (Å²) in [6.45, 7) is 1.55. The van der Waals surface area contributed by atoms with Crippen molar-refractivity contribution in [2.75, 3.05) is 11.1 Å². The van der Waals surface area contributed by atoms with Crippen molar-refractivity contribution in [1.82, 2.24) is 0 Å². The predicted molar refractivity (Wildman–Crippen MR) is 102 cm³/mol. The highest BCUT2D eigenvalue weighted by Gasteiger charge is 2.25. The smallest absolute Gasteiger partial charge is 0.256 e. The van der Waals surface area contributed by atoms with E-state index in [4.69, 9.17) is 5.73 Å². The molecule has 8 heteroatoms. The van der Waals surface area contributed by atoms with E-state index in [-0.39, 0.29) is 16.2 Å². The number of benzene rings is 1. The third-order valence-corrected chi connectivity index (χ3v) is 7.42. The number of anilines is 1. The summed E-state index contributed by atoms with van der Waals surface area (Å²) >= 11 is 1.38. The summed E-state index contributed by atoms with van der Waals surface area (Å²) in [6.07, 6.45) is 3.70. The topological polar surface area (TPSA) is 106 Å². The number of rotatable bonds is 5. The van der Waals surface area contributed by atoms with Gasteiger partial charge in [0.2, 0.25) is 0 Å². The molecule has 1 aromatic carbocycles. The Bertz CT molecular complexity index is 977. The van der Waals surface area contributed by atoms with E-state index >= 15 is 0 Å². The molecule has 6 nitrogen and oxygen atoms in total. The molecule has 0 radical (unpaired) electrons. The van der Waals surface area contributed by atoms with E-state index in [9.17, 15) is 18.0 Å². The molecular formula is C18H20N2O4S2. The van der Waals surface area contributed by atoms with Crippen LogP contribution in [0.3, 0.4) is 0 Å². The lowest BCUT2D eigenvalue weighted by molar-refractivity contribution is 0.100. The lowest BCUT2D eigenvalue weighted by Gasteiger charge is -2.11. The molecule has 0 bridgehead atoms. The highest BCUT2D eigenvalue weighted by atomic mass is 32.2. The Morgan fingerprint density at radius 3 is 2.65 bits per heavy atom. The van der Waals surface area contributed by atoms with E-state index in [1.807, 2.05) is 0 Å². The van der Waals surface area contributed by atoms with Gasteiger partial charge in [-0.3, -0.25) is 9.59 Å². The molecule has 3 rings (SSSR count). The first-order chi connectivity index (χ1) is 12.3. The summed E-state index contributed by atoms with van der Waals surface area (Å²) in [4.78, 5) is 25.7. The molecule has 1 heterocycles. The summed E-state index contributed by atoms with van der Waals surface area (Å²) < 4.78 is 24.0. The SMILES string of the molecule is CCS(=O)(=O)c1cccc(C(=O)Nc2sc3c(c2C(N)=O)CCCC3)c1. The van der Waals surface area contributed by atoms with Gasteiger partial charge >= 0.3 is 0 Å². The minimum absolute atomic E-state index is 0.0401. The minimum Gasteiger partial charge on any atom is -0.365 e. The number of carbonyl (C=O) groups is 2. The first kappa shape index (κ1) is 18.6. The number of thiophene rings is 1. The monoisotopic (exact) mass is 392 g/mol. The quantitative estimate of drug-likeness (QED) is 0.816. The number of hydrogen-bond acceptors (Lipinski definition) is 5. The van der Waals surface area contributed by atoms with Gasteiger partial charge in [0.25, 0.3) is 11.8 Å². The number of amides is 2. The van der Waals surface area contributed by atoms with Gasteiger partial charge in [0.15, 0.2) is 9.84 Å². The summed E-state index contributed by atoms with van der Waals surface area (Å²) in [5, 5.41) is 3.19. The molecule has 2 aromatic rings. The first-order valence-electron chi connectivity index (χ1n) is 8.42. The zero-order chi connectivity index (χ0) is 18.9. The second-order valence-corrected chi connectivity index (χ2v) is 9.55. The van der Waals surface area contributed by atoms with Crippen molar-refractivity contribution in [1.29, 1.82) is 0 Å². The fourth-order valence-electron chi connectivity index (χ4n) is 3.09. The lowest BCUT2D eigenvalue weighted by Crippen LogP contribution is -2.18. The number of aryl methyl sites for hydroxylation is 1. The molecule has 0 atom stereocenters. The van der Waals surface area contributed by atoms with Crippen molar-refractivity contribution in [3.63, 3.8) is 0 Å². The van der Waals surface area contributed by atoms with E-state index in [0.717, 1.165) is 36.1 Å². The third kappa shape index (κ3) is 3.52. The van der Waals surface area contributed by atoms with Gasteiger partial charge in [-0.15, -0.1) is 11.3 Å². The Hall–Kier alpha value is -2.19.